The van der Waals surface area contributed by atoms with Crippen LogP contribution in [0.5, 0.6) is 0 Å². The molecule has 0 unspecified atom stereocenters. The van der Waals surface area contributed by atoms with E-state index >= 15 is 0 Å². The first kappa shape index (κ1) is 4.37. The number of aromatic nitrogens is 4. The molecule has 1 N–H and O–H groups in total. The minimum absolute atomic E-state index is 0.426. The van der Waals surface area contributed by atoms with Gasteiger partial charge in [-0.05, 0) is 0 Å². The second-order valence-corrected chi connectivity index (χ2v) is 1.68. The van der Waals surface area contributed by atoms with Crippen molar-refractivity contribution in [2.45, 2.75) is 0 Å². The van der Waals surface area contributed by atoms with Gasteiger partial charge < -0.3 is 5.21 Å². The number of hydrogen-bond acceptors (Lipinski definition) is 3. The monoisotopic (exact) mass is 124 g/mol. The van der Waals surface area contributed by atoms with E-state index in [1.54, 1.807) is 10.6 Å². The van der Waals surface area contributed by atoms with E-state index in [2.05, 4.69) is 10.2 Å². The van der Waals surface area contributed by atoms with Crippen molar-refractivity contribution in [2.24, 2.45) is 0 Å². The van der Waals surface area contributed by atoms with Crippen molar-refractivity contribution in [3.63, 3.8) is 0 Å². The summed E-state index contributed by atoms with van der Waals surface area (Å²) in [6.45, 7) is 0. The van der Waals surface area contributed by atoms with Gasteiger partial charge in [0, 0.05) is 6.20 Å². The molecule has 5 nitrogen and oxygen atoms in total. The smallest absolute Gasteiger partial charge is 0.268 e. The zero-order chi connectivity index (χ0) is 6.27. The van der Waals surface area contributed by atoms with E-state index in [9.17, 15) is 0 Å². The van der Waals surface area contributed by atoms with E-state index in [0.717, 1.165) is 4.73 Å². The first-order valence-electron chi connectivity index (χ1n) is 2.44. The second-order valence-electron chi connectivity index (χ2n) is 1.68. The van der Waals surface area contributed by atoms with Crippen molar-refractivity contribution in [1.29, 1.82) is 0 Å². The minimum atomic E-state index is 0.426. The first-order chi connectivity index (χ1) is 4.38. The number of fused-ring (bicyclic) bond motifs is 1. The summed E-state index contributed by atoms with van der Waals surface area (Å²) in [6, 6.07) is 0. The summed E-state index contributed by atoms with van der Waals surface area (Å²) in [4.78, 5) is 0. The summed E-state index contributed by atoms with van der Waals surface area (Å²) < 4.78 is 2.52. The van der Waals surface area contributed by atoms with Gasteiger partial charge in [0.1, 0.15) is 6.33 Å². The highest BCUT2D eigenvalue weighted by Crippen LogP contribution is 1.95. The zero-order valence-corrected chi connectivity index (χ0v) is 4.47. The Balaban J connectivity index is 2.99. The first-order valence-corrected chi connectivity index (χ1v) is 2.44. The van der Waals surface area contributed by atoms with Crippen LogP contribution in [0.3, 0.4) is 0 Å². The standard InChI is InChI=1S/C4H4N4O/c9-8-2-1-7-3-5-6-4(7)8/h1-3,9H. The Morgan fingerprint density at radius 3 is 3.11 bits per heavy atom. The van der Waals surface area contributed by atoms with Crippen LogP contribution in [-0.4, -0.2) is 24.5 Å². The molecule has 46 valence electrons. The van der Waals surface area contributed by atoms with Crippen molar-refractivity contribution in [3.05, 3.63) is 18.7 Å². The molecular weight excluding hydrogens is 120 g/mol. The SMILES string of the molecule is On1ccn2cnnc12. The predicted octanol–water partition coefficient (Wildman–Crippen LogP) is -0.232. The van der Waals surface area contributed by atoms with Gasteiger partial charge in [-0.3, -0.25) is 4.40 Å². The molecule has 0 aliphatic rings. The van der Waals surface area contributed by atoms with Gasteiger partial charge in [0.25, 0.3) is 5.78 Å². The van der Waals surface area contributed by atoms with E-state index < -0.39 is 0 Å². The van der Waals surface area contributed by atoms with Crippen LogP contribution in [-0.2, 0) is 0 Å². The lowest BCUT2D eigenvalue weighted by Gasteiger charge is -1.82. The van der Waals surface area contributed by atoms with Crippen LogP contribution in [0.2, 0.25) is 0 Å². The molecule has 0 aromatic carbocycles. The van der Waals surface area contributed by atoms with E-state index in [-0.39, 0.29) is 0 Å². The van der Waals surface area contributed by atoms with Gasteiger partial charge in [-0.25, -0.2) is 0 Å². The maximum atomic E-state index is 8.89. The fourth-order valence-electron chi connectivity index (χ4n) is 0.707. The molecular formula is C4H4N4O. The molecule has 2 aromatic rings. The third kappa shape index (κ3) is 0.426. The van der Waals surface area contributed by atoms with E-state index in [1.807, 2.05) is 0 Å². The molecule has 0 atom stereocenters. The molecule has 5 heteroatoms. The van der Waals surface area contributed by atoms with Crippen molar-refractivity contribution in [2.75, 3.05) is 0 Å². The van der Waals surface area contributed by atoms with Gasteiger partial charge in [-0.15, -0.1) is 10.2 Å². The number of rotatable bonds is 0. The molecule has 0 spiro atoms. The third-order valence-electron chi connectivity index (χ3n) is 1.13. The summed E-state index contributed by atoms with van der Waals surface area (Å²) in [5, 5.41) is 16.1. The molecule has 0 bridgehead atoms. The summed E-state index contributed by atoms with van der Waals surface area (Å²) in [6.07, 6.45) is 4.67. The molecule has 2 rings (SSSR count). The molecule has 0 radical (unpaired) electrons. The highest BCUT2D eigenvalue weighted by molar-refractivity contribution is 5.25. The zero-order valence-electron chi connectivity index (χ0n) is 4.47. The molecule has 2 heterocycles. The van der Waals surface area contributed by atoms with Crippen LogP contribution in [0, 0.1) is 0 Å². The predicted molar refractivity (Wildman–Crippen MR) is 28.2 cm³/mol. The lowest BCUT2D eigenvalue weighted by atomic mass is 10.9. The topological polar surface area (TPSA) is 55.4 Å². The van der Waals surface area contributed by atoms with Gasteiger partial charge >= 0.3 is 0 Å². The fraction of sp³-hybridized carbons (Fsp3) is 0. The normalized spacial score (nSPS) is 10.7. The summed E-state index contributed by atoms with van der Waals surface area (Å²) in [5.74, 6) is 0.426. The van der Waals surface area contributed by atoms with Crippen LogP contribution in [0.4, 0.5) is 0 Å². The highest BCUT2D eigenvalue weighted by Gasteiger charge is 1.97. The lowest BCUT2D eigenvalue weighted by Crippen LogP contribution is -1.87. The lowest BCUT2D eigenvalue weighted by molar-refractivity contribution is 0.196. The molecule has 2 aromatic heterocycles. The molecule has 0 saturated carbocycles. The van der Waals surface area contributed by atoms with Crippen LogP contribution in [0.1, 0.15) is 0 Å². The van der Waals surface area contributed by atoms with E-state index in [0.29, 0.717) is 5.78 Å². The van der Waals surface area contributed by atoms with Crippen LogP contribution < -0.4 is 0 Å². The van der Waals surface area contributed by atoms with Gasteiger partial charge in [0.05, 0.1) is 6.20 Å². The number of hydrogen-bond donors (Lipinski definition) is 1. The van der Waals surface area contributed by atoms with Crippen molar-refractivity contribution >= 4 is 5.78 Å². The average Bonchev–Trinajstić information content (AvgIpc) is 2.35. The summed E-state index contributed by atoms with van der Waals surface area (Å²) >= 11 is 0. The van der Waals surface area contributed by atoms with E-state index in [1.165, 1.54) is 12.5 Å². The molecule has 0 saturated heterocycles. The summed E-state index contributed by atoms with van der Waals surface area (Å²) in [5.41, 5.74) is 0. The van der Waals surface area contributed by atoms with Gasteiger partial charge in [-0.2, -0.15) is 4.73 Å². The van der Waals surface area contributed by atoms with Crippen molar-refractivity contribution in [3.8, 4) is 0 Å². The van der Waals surface area contributed by atoms with Gasteiger partial charge in [-0.1, -0.05) is 0 Å². The fourth-order valence-corrected chi connectivity index (χ4v) is 0.707. The highest BCUT2D eigenvalue weighted by atomic mass is 16.5. The van der Waals surface area contributed by atoms with E-state index in [4.69, 9.17) is 5.21 Å². The molecule has 0 fully saturated rings. The maximum Gasteiger partial charge on any atom is 0.268 e. The second kappa shape index (κ2) is 1.25. The average molecular weight is 124 g/mol. The maximum absolute atomic E-state index is 8.89. The Morgan fingerprint density at radius 2 is 2.33 bits per heavy atom. The number of nitrogens with zero attached hydrogens (tertiary/aromatic N) is 4. The van der Waals surface area contributed by atoms with Crippen molar-refractivity contribution < 1.29 is 5.21 Å². The van der Waals surface area contributed by atoms with Gasteiger partial charge in [0.2, 0.25) is 0 Å². The molecule has 0 amide bonds. The van der Waals surface area contributed by atoms with Crippen molar-refractivity contribution in [1.82, 2.24) is 19.3 Å². The van der Waals surface area contributed by atoms with Crippen LogP contribution in [0.25, 0.3) is 5.78 Å². The molecule has 0 aliphatic carbocycles. The quantitative estimate of drug-likeness (QED) is 0.493. The Morgan fingerprint density at radius 1 is 1.44 bits per heavy atom. The van der Waals surface area contributed by atoms with Crippen LogP contribution >= 0.6 is 0 Å². The van der Waals surface area contributed by atoms with Crippen LogP contribution in [0.15, 0.2) is 18.7 Å². The Hall–Kier alpha value is -1.52. The largest absolute Gasteiger partial charge is 0.425 e. The Labute approximate surface area is 50.1 Å². The number of imidazole rings is 1. The minimum Gasteiger partial charge on any atom is -0.425 e. The van der Waals surface area contributed by atoms with Gasteiger partial charge in [0.15, 0.2) is 0 Å². The molecule has 9 heavy (non-hydrogen) atoms. The third-order valence-corrected chi connectivity index (χ3v) is 1.13. The molecule has 0 aliphatic heterocycles. The Kier molecular flexibility index (Phi) is 0.606. The Bertz CT molecular complexity index is 322. The summed E-state index contributed by atoms with van der Waals surface area (Å²) in [7, 11) is 0.